The lowest BCUT2D eigenvalue weighted by molar-refractivity contribution is 0.635. The summed E-state index contributed by atoms with van der Waals surface area (Å²) in [5, 5.41) is 4.66. The fourth-order valence-corrected chi connectivity index (χ4v) is 1.61. The molecule has 0 aliphatic rings. The Bertz CT molecular complexity index is 464. The number of para-hydroxylation sites is 1. The number of benzene rings is 1. The highest BCUT2D eigenvalue weighted by molar-refractivity contribution is 5.91. The third-order valence-corrected chi connectivity index (χ3v) is 2.16. The molecule has 1 aromatic heterocycles. The zero-order valence-corrected chi connectivity index (χ0v) is 9.41. The standard InChI is InChI=1S/C13H16N2/c1-13(2,3)15-12-8-9-14-11-7-5-4-6-10(11)12/h4-9H,1-3H3,(H,14,15). The summed E-state index contributed by atoms with van der Waals surface area (Å²) >= 11 is 0. The predicted octanol–water partition coefficient (Wildman–Crippen LogP) is 3.45. The van der Waals surface area contributed by atoms with E-state index in [1.807, 2.05) is 30.5 Å². The minimum absolute atomic E-state index is 0.0735. The van der Waals surface area contributed by atoms with Crippen molar-refractivity contribution in [3.05, 3.63) is 36.5 Å². The van der Waals surface area contributed by atoms with E-state index in [9.17, 15) is 0 Å². The van der Waals surface area contributed by atoms with E-state index in [0.717, 1.165) is 11.2 Å². The summed E-state index contributed by atoms with van der Waals surface area (Å²) < 4.78 is 0. The third kappa shape index (κ3) is 2.27. The number of hydrogen-bond acceptors (Lipinski definition) is 2. The molecule has 78 valence electrons. The maximum absolute atomic E-state index is 4.33. The second-order valence-electron chi connectivity index (χ2n) is 4.75. The van der Waals surface area contributed by atoms with Crippen molar-refractivity contribution in [2.24, 2.45) is 0 Å². The highest BCUT2D eigenvalue weighted by Crippen LogP contribution is 2.23. The summed E-state index contributed by atoms with van der Waals surface area (Å²) in [5.41, 5.74) is 2.25. The van der Waals surface area contributed by atoms with Gasteiger partial charge in [-0.15, -0.1) is 0 Å². The molecule has 15 heavy (non-hydrogen) atoms. The smallest absolute Gasteiger partial charge is 0.0722 e. The largest absolute Gasteiger partial charge is 0.380 e. The van der Waals surface area contributed by atoms with Gasteiger partial charge in [0.25, 0.3) is 0 Å². The Morgan fingerprint density at radius 1 is 1.07 bits per heavy atom. The lowest BCUT2D eigenvalue weighted by Crippen LogP contribution is -2.26. The van der Waals surface area contributed by atoms with Gasteiger partial charge in [0.15, 0.2) is 0 Å². The van der Waals surface area contributed by atoms with Crippen molar-refractivity contribution in [2.45, 2.75) is 26.3 Å². The molecule has 0 saturated heterocycles. The molecule has 2 nitrogen and oxygen atoms in total. The normalized spacial score (nSPS) is 11.7. The molecule has 2 rings (SSSR count). The Hall–Kier alpha value is -1.57. The molecule has 0 bridgehead atoms. The van der Waals surface area contributed by atoms with Gasteiger partial charge in [0.1, 0.15) is 0 Å². The molecule has 0 aliphatic carbocycles. The lowest BCUT2D eigenvalue weighted by Gasteiger charge is -2.23. The summed E-state index contributed by atoms with van der Waals surface area (Å²) in [4.78, 5) is 4.33. The van der Waals surface area contributed by atoms with Crippen molar-refractivity contribution in [1.29, 1.82) is 0 Å². The van der Waals surface area contributed by atoms with Crippen LogP contribution in [0.2, 0.25) is 0 Å². The van der Waals surface area contributed by atoms with Crippen LogP contribution in [0.4, 0.5) is 5.69 Å². The first kappa shape index (κ1) is 9.97. The Kier molecular flexibility index (Phi) is 2.35. The first-order valence-electron chi connectivity index (χ1n) is 5.18. The maximum Gasteiger partial charge on any atom is 0.0722 e. The number of aromatic nitrogens is 1. The summed E-state index contributed by atoms with van der Waals surface area (Å²) in [5.74, 6) is 0. The van der Waals surface area contributed by atoms with Gasteiger partial charge in [-0.25, -0.2) is 0 Å². The van der Waals surface area contributed by atoms with Crippen molar-refractivity contribution < 1.29 is 0 Å². The molecule has 0 amide bonds. The first-order chi connectivity index (χ1) is 7.06. The number of hydrogen-bond donors (Lipinski definition) is 1. The Balaban J connectivity index is 2.52. The minimum atomic E-state index is 0.0735. The molecule has 0 saturated carbocycles. The monoisotopic (exact) mass is 200 g/mol. The Morgan fingerprint density at radius 3 is 2.53 bits per heavy atom. The molecule has 0 fully saturated rings. The molecule has 1 N–H and O–H groups in total. The fraction of sp³-hybridized carbons (Fsp3) is 0.308. The van der Waals surface area contributed by atoms with Crippen molar-refractivity contribution >= 4 is 16.6 Å². The summed E-state index contributed by atoms with van der Waals surface area (Å²) in [6.45, 7) is 6.46. The number of nitrogens with zero attached hydrogens (tertiary/aromatic N) is 1. The van der Waals surface area contributed by atoms with Crippen LogP contribution in [-0.4, -0.2) is 10.5 Å². The molecular weight excluding hydrogens is 184 g/mol. The Morgan fingerprint density at radius 2 is 1.80 bits per heavy atom. The number of nitrogens with one attached hydrogen (secondary N) is 1. The lowest BCUT2D eigenvalue weighted by atomic mass is 10.1. The maximum atomic E-state index is 4.33. The van der Waals surface area contributed by atoms with E-state index in [-0.39, 0.29) is 5.54 Å². The first-order valence-corrected chi connectivity index (χ1v) is 5.18. The molecule has 1 heterocycles. The van der Waals surface area contributed by atoms with Crippen molar-refractivity contribution in [2.75, 3.05) is 5.32 Å². The van der Waals surface area contributed by atoms with E-state index in [4.69, 9.17) is 0 Å². The van der Waals surface area contributed by atoms with Crippen LogP contribution in [-0.2, 0) is 0 Å². The Labute approximate surface area is 90.3 Å². The SMILES string of the molecule is CC(C)(C)Nc1ccnc2ccccc12. The number of pyridine rings is 1. The average Bonchev–Trinajstić information content (AvgIpc) is 2.16. The second kappa shape index (κ2) is 3.54. The zero-order valence-electron chi connectivity index (χ0n) is 9.41. The van der Waals surface area contributed by atoms with Crippen LogP contribution in [0.25, 0.3) is 10.9 Å². The van der Waals surface area contributed by atoms with Crippen LogP contribution in [0.1, 0.15) is 20.8 Å². The van der Waals surface area contributed by atoms with Crippen LogP contribution in [0.15, 0.2) is 36.5 Å². The number of fused-ring (bicyclic) bond motifs is 1. The van der Waals surface area contributed by atoms with Crippen molar-refractivity contribution in [1.82, 2.24) is 4.98 Å². The predicted molar refractivity (Wildman–Crippen MR) is 65.1 cm³/mol. The van der Waals surface area contributed by atoms with E-state index in [0.29, 0.717) is 0 Å². The topological polar surface area (TPSA) is 24.9 Å². The van der Waals surface area contributed by atoms with Crippen molar-refractivity contribution in [3.63, 3.8) is 0 Å². The van der Waals surface area contributed by atoms with Gasteiger partial charge in [-0.05, 0) is 32.9 Å². The highest BCUT2D eigenvalue weighted by atomic mass is 15.0. The molecule has 2 heteroatoms. The third-order valence-electron chi connectivity index (χ3n) is 2.16. The van der Waals surface area contributed by atoms with Crippen LogP contribution in [0, 0.1) is 0 Å². The molecule has 0 radical (unpaired) electrons. The van der Waals surface area contributed by atoms with Gasteiger partial charge in [-0.1, -0.05) is 18.2 Å². The molecule has 1 aromatic carbocycles. The second-order valence-corrected chi connectivity index (χ2v) is 4.75. The molecule has 0 atom stereocenters. The molecule has 0 spiro atoms. The van der Waals surface area contributed by atoms with Gasteiger partial charge in [0.2, 0.25) is 0 Å². The van der Waals surface area contributed by atoms with Gasteiger partial charge >= 0.3 is 0 Å². The number of rotatable bonds is 1. The summed E-state index contributed by atoms with van der Waals surface area (Å²) in [7, 11) is 0. The van der Waals surface area contributed by atoms with E-state index in [1.165, 1.54) is 5.39 Å². The van der Waals surface area contributed by atoms with Gasteiger partial charge in [0, 0.05) is 22.8 Å². The molecule has 0 unspecified atom stereocenters. The van der Waals surface area contributed by atoms with E-state index in [2.05, 4.69) is 37.1 Å². The van der Waals surface area contributed by atoms with Gasteiger partial charge in [-0.2, -0.15) is 0 Å². The quantitative estimate of drug-likeness (QED) is 0.762. The van der Waals surface area contributed by atoms with E-state index < -0.39 is 0 Å². The average molecular weight is 200 g/mol. The zero-order chi connectivity index (χ0) is 10.9. The van der Waals surface area contributed by atoms with Gasteiger partial charge in [-0.3, -0.25) is 4.98 Å². The van der Waals surface area contributed by atoms with Crippen LogP contribution >= 0.6 is 0 Å². The van der Waals surface area contributed by atoms with Crippen LogP contribution in [0.5, 0.6) is 0 Å². The van der Waals surface area contributed by atoms with Crippen LogP contribution in [0.3, 0.4) is 0 Å². The minimum Gasteiger partial charge on any atom is -0.380 e. The van der Waals surface area contributed by atoms with Crippen LogP contribution < -0.4 is 5.32 Å². The van der Waals surface area contributed by atoms with Gasteiger partial charge in [0.05, 0.1) is 5.52 Å². The van der Waals surface area contributed by atoms with Crippen molar-refractivity contribution in [3.8, 4) is 0 Å². The van der Waals surface area contributed by atoms with E-state index >= 15 is 0 Å². The highest BCUT2D eigenvalue weighted by Gasteiger charge is 2.10. The summed E-state index contributed by atoms with van der Waals surface area (Å²) in [6.07, 6.45) is 1.84. The number of anilines is 1. The molecule has 2 aromatic rings. The van der Waals surface area contributed by atoms with E-state index in [1.54, 1.807) is 0 Å². The fourth-order valence-electron chi connectivity index (χ4n) is 1.61. The summed E-state index contributed by atoms with van der Waals surface area (Å²) in [6, 6.07) is 10.2. The van der Waals surface area contributed by atoms with Gasteiger partial charge < -0.3 is 5.32 Å². The molecular formula is C13H16N2. The molecule has 0 aliphatic heterocycles.